The van der Waals surface area contributed by atoms with Crippen LogP contribution in [0, 0.1) is 5.82 Å². The lowest BCUT2D eigenvalue weighted by molar-refractivity contribution is 0.103. The van der Waals surface area contributed by atoms with Gasteiger partial charge in [0.2, 0.25) is 0 Å². The van der Waals surface area contributed by atoms with Crippen LogP contribution in [0.3, 0.4) is 0 Å². The number of para-hydroxylation sites is 1. The van der Waals surface area contributed by atoms with Gasteiger partial charge in [0.05, 0.1) is 15.7 Å². The fourth-order valence-electron chi connectivity index (χ4n) is 2.60. The van der Waals surface area contributed by atoms with Crippen molar-refractivity contribution in [2.45, 2.75) is 17.8 Å². The molecule has 0 aliphatic carbocycles. The third-order valence-corrected chi connectivity index (χ3v) is 4.42. The molecule has 0 aliphatic rings. The number of carbonyl (C=O) groups is 1. The highest BCUT2D eigenvalue weighted by atomic mass is 127. The molecule has 122 valence electrons. The number of ketones is 1. The average molecular weight is 435 g/mol. The number of alkyl halides is 1. The van der Waals surface area contributed by atoms with E-state index in [1.54, 1.807) is 24.3 Å². The summed E-state index contributed by atoms with van der Waals surface area (Å²) in [5.41, 5.74) is 1.18. The molecule has 0 unspecified atom stereocenters. The Kier molecular flexibility index (Phi) is 5.03. The standard InChI is InChI=1S/C18H15FIN3O/c1-2-16-21-22-17(11-20)23(16)15-10-6-4-8-13(15)18(24)12-7-3-5-9-14(12)19/h3-10H,2,11H2,1H3. The summed E-state index contributed by atoms with van der Waals surface area (Å²) in [6.45, 7) is 1.98. The lowest BCUT2D eigenvalue weighted by Crippen LogP contribution is -2.12. The number of hydrogen-bond donors (Lipinski definition) is 0. The molecule has 0 saturated heterocycles. The summed E-state index contributed by atoms with van der Waals surface area (Å²) in [6.07, 6.45) is 0.686. The van der Waals surface area contributed by atoms with E-state index in [2.05, 4.69) is 32.8 Å². The molecule has 0 atom stereocenters. The van der Waals surface area contributed by atoms with Gasteiger partial charge in [-0.05, 0) is 24.3 Å². The van der Waals surface area contributed by atoms with Gasteiger partial charge in [-0.1, -0.05) is 53.8 Å². The molecule has 0 N–H and O–H groups in total. The quantitative estimate of drug-likeness (QED) is 0.344. The number of rotatable bonds is 5. The molecule has 3 aromatic rings. The van der Waals surface area contributed by atoms with Crippen molar-refractivity contribution in [3.05, 3.63) is 77.1 Å². The number of nitrogens with zero attached hydrogens (tertiary/aromatic N) is 3. The minimum atomic E-state index is -0.522. The van der Waals surface area contributed by atoms with Gasteiger partial charge in [0.1, 0.15) is 17.5 Å². The van der Waals surface area contributed by atoms with Gasteiger partial charge >= 0.3 is 0 Å². The Hall–Kier alpha value is -2.09. The van der Waals surface area contributed by atoms with Crippen LogP contribution in [0.15, 0.2) is 48.5 Å². The summed E-state index contributed by atoms with van der Waals surface area (Å²) in [5, 5.41) is 8.39. The van der Waals surface area contributed by atoms with Crippen molar-refractivity contribution < 1.29 is 9.18 Å². The highest BCUT2D eigenvalue weighted by Gasteiger charge is 2.20. The zero-order valence-electron chi connectivity index (χ0n) is 13.0. The predicted octanol–water partition coefficient (Wildman–Crippen LogP) is 4.13. The molecular weight excluding hydrogens is 420 g/mol. The maximum atomic E-state index is 14.0. The molecule has 2 aromatic carbocycles. The first-order chi connectivity index (χ1) is 11.7. The van der Waals surface area contributed by atoms with Gasteiger partial charge in [-0.25, -0.2) is 4.39 Å². The lowest BCUT2D eigenvalue weighted by atomic mass is 10.0. The molecule has 0 fully saturated rings. The van der Waals surface area contributed by atoms with Crippen molar-refractivity contribution in [3.63, 3.8) is 0 Å². The van der Waals surface area contributed by atoms with Gasteiger partial charge in [0.15, 0.2) is 5.78 Å². The highest BCUT2D eigenvalue weighted by molar-refractivity contribution is 14.1. The van der Waals surface area contributed by atoms with E-state index in [4.69, 9.17) is 0 Å². The first-order valence-electron chi connectivity index (χ1n) is 7.55. The molecule has 6 heteroatoms. The van der Waals surface area contributed by atoms with Crippen molar-refractivity contribution in [1.29, 1.82) is 0 Å². The van der Waals surface area contributed by atoms with Gasteiger partial charge < -0.3 is 0 Å². The van der Waals surface area contributed by atoms with Crippen LogP contribution in [0.4, 0.5) is 4.39 Å². The second kappa shape index (κ2) is 7.21. The number of aryl methyl sites for hydroxylation is 1. The van der Waals surface area contributed by atoms with Crippen molar-refractivity contribution in [3.8, 4) is 5.69 Å². The molecule has 1 aromatic heterocycles. The molecule has 24 heavy (non-hydrogen) atoms. The maximum Gasteiger partial charge on any atom is 0.198 e. The Morgan fingerprint density at radius 2 is 1.67 bits per heavy atom. The summed E-state index contributed by atoms with van der Waals surface area (Å²) in [7, 11) is 0. The van der Waals surface area contributed by atoms with E-state index in [1.807, 2.05) is 23.6 Å². The van der Waals surface area contributed by atoms with Crippen LogP contribution in [0.2, 0.25) is 0 Å². The molecular formula is C18H15FIN3O. The Bertz CT molecular complexity index is 870. The molecule has 0 bridgehead atoms. The summed E-state index contributed by atoms with van der Waals surface area (Å²) in [4.78, 5) is 12.9. The first kappa shape index (κ1) is 16.8. The van der Waals surface area contributed by atoms with E-state index in [1.165, 1.54) is 12.1 Å². The maximum absolute atomic E-state index is 14.0. The number of halogens is 2. The van der Waals surface area contributed by atoms with Crippen molar-refractivity contribution >= 4 is 28.4 Å². The average Bonchev–Trinajstić information content (AvgIpc) is 3.04. The van der Waals surface area contributed by atoms with Crippen molar-refractivity contribution in [2.75, 3.05) is 0 Å². The summed E-state index contributed by atoms with van der Waals surface area (Å²) in [5.74, 6) is 0.668. The molecule has 0 saturated carbocycles. The molecule has 0 aliphatic heterocycles. The Labute approximate surface area is 152 Å². The van der Waals surface area contributed by atoms with Crippen LogP contribution >= 0.6 is 22.6 Å². The van der Waals surface area contributed by atoms with E-state index in [-0.39, 0.29) is 11.3 Å². The number of aromatic nitrogens is 3. The summed E-state index contributed by atoms with van der Waals surface area (Å²) in [6, 6.07) is 13.2. The molecule has 0 radical (unpaired) electrons. The zero-order chi connectivity index (χ0) is 17.1. The van der Waals surface area contributed by atoms with Crippen LogP contribution in [-0.2, 0) is 10.8 Å². The molecule has 4 nitrogen and oxygen atoms in total. The van der Waals surface area contributed by atoms with Crippen molar-refractivity contribution in [1.82, 2.24) is 14.8 Å². The van der Waals surface area contributed by atoms with Gasteiger partial charge in [0, 0.05) is 12.0 Å². The van der Waals surface area contributed by atoms with Gasteiger partial charge in [-0.3, -0.25) is 9.36 Å². The molecule has 3 rings (SSSR count). The SMILES string of the molecule is CCc1nnc(CI)n1-c1ccccc1C(=O)c1ccccc1F. The van der Waals surface area contributed by atoms with E-state index in [0.29, 0.717) is 22.1 Å². The van der Waals surface area contributed by atoms with Crippen LogP contribution in [0.1, 0.15) is 34.5 Å². The number of benzene rings is 2. The second-order valence-corrected chi connectivity index (χ2v) is 5.94. The number of hydrogen-bond acceptors (Lipinski definition) is 3. The van der Waals surface area contributed by atoms with Crippen LogP contribution in [0.5, 0.6) is 0 Å². The van der Waals surface area contributed by atoms with E-state index >= 15 is 0 Å². The summed E-state index contributed by atoms with van der Waals surface area (Å²) >= 11 is 2.21. The molecule has 0 amide bonds. The zero-order valence-corrected chi connectivity index (χ0v) is 15.2. The number of carbonyl (C=O) groups excluding carboxylic acids is 1. The largest absolute Gasteiger partial charge is 0.288 e. The minimum absolute atomic E-state index is 0.0621. The normalized spacial score (nSPS) is 10.8. The Morgan fingerprint density at radius 1 is 1.04 bits per heavy atom. The third-order valence-electron chi connectivity index (χ3n) is 3.74. The van der Waals surface area contributed by atoms with E-state index in [9.17, 15) is 9.18 Å². The van der Waals surface area contributed by atoms with Gasteiger partial charge in [-0.15, -0.1) is 10.2 Å². The van der Waals surface area contributed by atoms with Gasteiger partial charge in [-0.2, -0.15) is 0 Å². The smallest absolute Gasteiger partial charge is 0.198 e. The van der Waals surface area contributed by atoms with Crippen LogP contribution < -0.4 is 0 Å². The lowest BCUT2D eigenvalue weighted by Gasteiger charge is -2.13. The molecule has 1 heterocycles. The van der Waals surface area contributed by atoms with E-state index < -0.39 is 5.82 Å². The Morgan fingerprint density at radius 3 is 2.33 bits per heavy atom. The minimum Gasteiger partial charge on any atom is -0.288 e. The fourth-order valence-corrected chi connectivity index (χ4v) is 3.09. The fraction of sp³-hybridized carbons (Fsp3) is 0.167. The van der Waals surface area contributed by atoms with Crippen LogP contribution in [0.25, 0.3) is 5.69 Å². The van der Waals surface area contributed by atoms with Crippen LogP contribution in [-0.4, -0.2) is 20.5 Å². The highest BCUT2D eigenvalue weighted by Crippen LogP contribution is 2.23. The Balaban J connectivity index is 2.18. The second-order valence-electron chi connectivity index (χ2n) is 5.18. The monoisotopic (exact) mass is 435 g/mol. The third kappa shape index (κ3) is 2.98. The first-order valence-corrected chi connectivity index (χ1v) is 9.07. The van der Waals surface area contributed by atoms with Gasteiger partial charge in [0.25, 0.3) is 0 Å². The topological polar surface area (TPSA) is 47.8 Å². The summed E-state index contributed by atoms with van der Waals surface area (Å²) < 4.78 is 16.6. The van der Waals surface area contributed by atoms with E-state index in [0.717, 1.165) is 11.6 Å². The predicted molar refractivity (Wildman–Crippen MR) is 98.3 cm³/mol. The van der Waals surface area contributed by atoms with Crippen molar-refractivity contribution in [2.24, 2.45) is 0 Å². The molecule has 0 spiro atoms.